The molecule has 0 amide bonds. The summed E-state index contributed by atoms with van der Waals surface area (Å²) in [6.45, 7) is 2.00. The molecule has 0 bridgehead atoms. The minimum absolute atomic E-state index is 0.0532. The third-order valence-corrected chi connectivity index (χ3v) is 3.63. The minimum Gasteiger partial charge on any atom is -0.340 e. The first kappa shape index (κ1) is 11.2. The number of aromatic amines is 1. The van der Waals surface area contributed by atoms with Gasteiger partial charge in [0, 0.05) is 30.8 Å². The highest BCUT2D eigenvalue weighted by molar-refractivity contribution is 7.99. The van der Waals surface area contributed by atoms with Crippen LogP contribution in [-0.2, 0) is 0 Å². The number of thioether (sulfide) groups is 1. The Hall–Kier alpha value is -1.33. The monoisotopic (exact) mass is 234 g/mol. The molecule has 2 atom stereocenters. The summed E-state index contributed by atoms with van der Waals surface area (Å²) < 4.78 is 0. The number of imidazole rings is 1. The van der Waals surface area contributed by atoms with Gasteiger partial charge in [0.1, 0.15) is 0 Å². The first-order chi connectivity index (χ1) is 7.77. The summed E-state index contributed by atoms with van der Waals surface area (Å²) in [5, 5.41) is 1.08. The van der Waals surface area contributed by atoms with Crippen molar-refractivity contribution in [3.63, 3.8) is 0 Å². The van der Waals surface area contributed by atoms with E-state index in [1.54, 1.807) is 30.4 Å². The van der Waals surface area contributed by atoms with E-state index in [1.165, 1.54) is 5.56 Å². The predicted molar refractivity (Wildman–Crippen MR) is 65.1 cm³/mol. The van der Waals surface area contributed by atoms with Crippen LogP contribution in [-0.4, -0.2) is 21.0 Å². The number of rotatable bonds is 4. The maximum absolute atomic E-state index is 6.00. The second-order valence-corrected chi connectivity index (χ2v) is 4.70. The molecule has 2 aromatic rings. The Labute approximate surface area is 98.7 Å². The van der Waals surface area contributed by atoms with Crippen LogP contribution in [0.4, 0.5) is 0 Å². The highest BCUT2D eigenvalue weighted by Gasteiger charge is 2.18. The van der Waals surface area contributed by atoms with Crippen molar-refractivity contribution in [3.05, 3.63) is 42.5 Å². The number of H-pyrrole nitrogens is 1. The number of nitrogens with one attached hydrogen (secondary N) is 1. The molecule has 2 unspecified atom stereocenters. The van der Waals surface area contributed by atoms with E-state index in [-0.39, 0.29) is 11.3 Å². The Morgan fingerprint density at radius 3 is 2.62 bits per heavy atom. The molecule has 5 heteroatoms. The van der Waals surface area contributed by atoms with Crippen LogP contribution in [0.25, 0.3) is 0 Å². The van der Waals surface area contributed by atoms with Crippen LogP contribution in [0, 0.1) is 0 Å². The summed E-state index contributed by atoms with van der Waals surface area (Å²) in [5.74, 6) is 0. The van der Waals surface area contributed by atoms with E-state index >= 15 is 0 Å². The van der Waals surface area contributed by atoms with Crippen LogP contribution in [0.15, 0.2) is 42.1 Å². The van der Waals surface area contributed by atoms with Crippen molar-refractivity contribution < 1.29 is 0 Å². The second-order valence-electron chi connectivity index (χ2n) is 3.57. The Kier molecular flexibility index (Phi) is 3.58. The number of hydrogen-bond donors (Lipinski definition) is 2. The summed E-state index contributed by atoms with van der Waals surface area (Å²) in [6.07, 6.45) is 7.13. The van der Waals surface area contributed by atoms with E-state index in [9.17, 15) is 0 Å². The molecule has 0 aliphatic rings. The van der Waals surface area contributed by atoms with E-state index in [2.05, 4.69) is 15.0 Å². The first-order valence-corrected chi connectivity index (χ1v) is 5.97. The Morgan fingerprint density at radius 1 is 1.31 bits per heavy atom. The summed E-state index contributed by atoms with van der Waals surface area (Å²) in [7, 11) is 0. The van der Waals surface area contributed by atoms with Crippen molar-refractivity contribution in [1.82, 2.24) is 15.0 Å². The SMILES string of the molecule is CC(N)C(Sc1ncc[nH]1)c1ccncc1. The molecule has 0 fully saturated rings. The predicted octanol–water partition coefficient (Wildman–Crippen LogP) is 1.99. The van der Waals surface area contributed by atoms with Gasteiger partial charge < -0.3 is 10.7 Å². The van der Waals surface area contributed by atoms with Gasteiger partial charge in [-0.1, -0.05) is 11.8 Å². The van der Waals surface area contributed by atoms with E-state index in [0.717, 1.165) is 5.16 Å². The van der Waals surface area contributed by atoms with E-state index in [1.807, 2.05) is 25.3 Å². The topological polar surface area (TPSA) is 67.6 Å². The highest BCUT2D eigenvalue weighted by atomic mass is 32.2. The molecule has 0 aliphatic carbocycles. The van der Waals surface area contributed by atoms with Crippen molar-refractivity contribution in [1.29, 1.82) is 0 Å². The fraction of sp³-hybridized carbons (Fsp3) is 0.273. The van der Waals surface area contributed by atoms with Gasteiger partial charge in [0.15, 0.2) is 5.16 Å². The summed E-state index contributed by atoms with van der Waals surface area (Å²) in [6, 6.07) is 4.03. The number of nitrogens with zero attached hydrogens (tertiary/aromatic N) is 2. The van der Waals surface area contributed by atoms with Gasteiger partial charge >= 0.3 is 0 Å². The summed E-state index contributed by atoms with van der Waals surface area (Å²) in [5.41, 5.74) is 7.17. The number of hydrogen-bond acceptors (Lipinski definition) is 4. The Morgan fingerprint density at radius 2 is 2.06 bits per heavy atom. The van der Waals surface area contributed by atoms with Gasteiger partial charge in [0.05, 0.1) is 5.25 Å². The molecule has 0 radical (unpaired) electrons. The lowest BCUT2D eigenvalue weighted by Crippen LogP contribution is -2.22. The summed E-state index contributed by atoms with van der Waals surface area (Å²) >= 11 is 1.64. The fourth-order valence-electron chi connectivity index (χ4n) is 1.47. The van der Waals surface area contributed by atoms with Gasteiger partial charge in [0.25, 0.3) is 0 Å². The van der Waals surface area contributed by atoms with Crippen LogP contribution >= 0.6 is 11.8 Å². The largest absolute Gasteiger partial charge is 0.340 e. The average molecular weight is 234 g/mol. The molecule has 0 saturated carbocycles. The van der Waals surface area contributed by atoms with Crippen LogP contribution in [0.1, 0.15) is 17.7 Å². The molecule has 3 N–H and O–H groups in total. The van der Waals surface area contributed by atoms with Crippen LogP contribution in [0.5, 0.6) is 0 Å². The molecular formula is C11H14N4S. The quantitative estimate of drug-likeness (QED) is 0.794. The number of nitrogens with two attached hydrogens (primary N) is 1. The Balaban J connectivity index is 2.18. The molecule has 2 heterocycles. The van der Waals surface area contributed by atoms with Crippen LogP contribution in [0.2, 0.25) is 0 Å². The average Bonchev–Trinajstić information content (AvgIpc) is 2.79. The van der Waals surface area contributed by atoms with Crippen molar-refractivity contribution in [2.75, 3.05) is 0 Å². The smallest absolute Gasteiger partial charge is 0.165 e. The lowest BCUT2D eigenvalue weighted by molar-refractivity contribution is 0.718. The van der Waals surface area contributed by atoms with Gasteiger partial charge in [-0.2, -0.15) is 0 Å². The van der Waals surface area contributed by atoms with Gasteiger partial charge in [-0.25, -0.2) is 4.98 Å². The number of aromatic nitrogens is 3. The molecule has 2 rings (SSSR count). The lowest BCUT2D eigenvalue weighted by Gasteiger charge is -2.19. The van der Waals surface area contributed by atoms with E-state index in [4.69, 9.17) is 5.73 Å². The van der Waals surface area contributed by atoms with Crippen LogP contribution in [0.3, 0.4) is 0 Å². The molecule has 2 aromatic heterocycles. The van der Waals surface area contributed by atoms with E-state index in [0.29, 0.717) is 0 Å². The third kappa shape index (κ3) is 2.62. The molecule has 0 spiro atoms. The first-order valence-electron chi connectivity index (χ1n) is 5.09. The van der Waals surface area contributed by atoms with Crippen molar-refractivity contribution in [2.45, 2.75) is 23.4 Å². The zero-order valence-corrected chi connectivity index (χ0v) is 9.82. The zero-order chi connectivity index (χ0) is 11.4. The molecule has 84 valence electrons. The Bertz CT molecular complexity index is 413. The third-order valence-electron chi connectivity index (χ3n) is 2.22. The minimum atomic E-state index is 0.0532. The van der Waals surface area contributed by atoms with Crippen molar-refractivity contribution >= 4 is 11.8 Å². The van der Waals surface area contributed by atoms with E-state index < -0.39 is 0 Å². The maximum atomic E-state index is 6.00. The van der Waals surface area contributed by atoms with Gasteiger partial charge in [-0.15, -0.1) is 0 Å². The standard InChI is InChI=1S/C11H14N4S/c1-8(12)10(9-2-4-13-5-3-9)16-11-14-6-7-15-11/h2-8,10H,12H2,1H3,(H,14,15). The van der Waals surface area contributed by atoms with Gasteiger partial charge in [0.2, 0.25) is 0 Å². The summed E-state index contributed by atoms with van der Waals surface area (Å²) in [4.78, 5) is 11.3. The van der Waals surface area contributed by atoms with Crippen molar-refractivity contribution in [3.8, 4) is 0 Å². The molecule has 0 saturated heterocycles. The molecule has 4 nitrogen and oxygen atoms in total. The molecule has 16 heavy (non-hydrogen) atoms. The lowest BCUT2D eigenvalue weighted by atomic mass is 10.1. The molecule has 0 aliphatic heterocycles. The fourth-order valence-corrected chi connectivity index (χ4v) is 2.47. The highest BCUT2D eigenvalue weighted by Crippen LogP contribution is 2.34. The zero-order valence-electron chi connectivity index (χ0n) is 9.00. The van der Waals surface area contributed by atoms with Crippen LogP contribution < -0.4 is 5.73 Å². The number of pyridine rings is 1. The van der Waals surface area contributed by atoms with Gasteiger partial charge in [-0.05, 0) is 24.6 Å². The normalized spacial score (nSPS) is 14.6. The molecular weight excluding hydrogens is 220 g/mol. The van der Waals surface area contributed by atoms with Gasteiger partial charge in [-0.3, -0.25) is 4.98 Å². The maximum Gasteiger partial charge on any atom is 0.165 e. The van der Waals surface area contributed by atoms with Crippen molar-refractivity contribution in [2.24, 2.45) is 5.73 Å². The second kappa shape index (κ2) is 5.14. The molecule has 0 aromatic carbocycles.